The lowest BCUT2D eigenvalue weighted by Gasteiger charge is -2.19. The molecule has 1 aromatic carbocycles. The third-order valence-corrected chi connectivity index (χ3v) is 3.99. The van der Waals surface area contributed by atoms with E-state index >= 15 is 0 Å². The number of carbonyl (C=O) groups is 1. The molecule has 0 unspecified atom stereocenters. The van der Waals surface area contributed by atoms with Gasteiger partial charge in [0.1, 0.15) is 5.56 Å². The number of esters is 1. The summed E-state index contributed by atoms with van der Waals surface area (Å²) >= 11 is 0. The van der Waals surface area contributed by atoms with Crippen LogP contribution >= 0.6 is 0 Å². The van der Waals surface area contributed by atoms with Crippen molar-refractivity contribution in [2.45, 2.75) is 53.4 Å². The highest BCUT2D eigenvalue weighted by Crippen LogP contribution is 2.26. The van der Waals surface area contributed by atoms with Gasteiger partial charge in [0.2, 0.25) is 0 Å². The first-order chi connectivity index (χ1) is 11.3. The third-order valence-electron chi connectivity index (χ3n) is 3.99. The SMILES string of the molecule is CCOC(=O)c1c(C)nc(-c2ccc(C(C)(C)C)cc2)nc1CC. The predicted octanol–water partition coefficient (Wildman–Crippen LogP) is 4.49. The van der Waals surface area contributed by atoms with Crippen LogP contribution in [0.1, 0.15) is 61.9 Å². The molecule has 0 N–H and O–H groups in total. The van der Waals surface area contributed by atoms with Crippen LogP contribution in [0.5, 0.6) is 0 Å². The Bertz CT molecular complexity index is 729. The average Bonchev–Trinajstić information content (AvgIpc) is 2.53. The van der Waals surface area contributed by atoms with E-state index in [1.165, 1.54) is 5.56 Å². The molecule has 4 nitrogen and oxygen atoms in total. The van der Waals surface area contributed by atoms with E-state index < -0.39 is 0 Å². The molecular weight excluding hydrogens is 300 g/mol. The number of rotatable bonds is 4. The van der Waals surface area contributed by atoms with Crippen LogP contribution in [0.4, 0.5) is 0 Å². The standard InChI is InChI=1S/C20H26N2O2/c1-7-16-17(19(23)24-8-2)13(3)21-18(22-16)14-9-11-15(12-10-14)20(4,5)6/h9-12H,7-8H2,1-6H3. The van der Waals surface area contributed by atoms with Crippen molar-refractivity contribution in [1.29, 1.82) is 0 Å². The van der Waals surface area contributed by atoms with Gasteiger partial charge >= 0.3 is 5.97 Å². The molecule has 0 aliphatic heterocycles. The zero-order chi connectivity index (χ0) is 17.9. The van der Waals surface area contributed by atoms with Gasteiger partial charge in [0.15, 0.2) is 5.82 Å². The summed E-state index contributed by atoms with van der Waals surface area (Å²) < 4.78 is 5.13. The minimum Gasteiger partial charge on any atom is -0.462 e. The Labute approximate surface area is 144 Å². The van der Waals surface area contributed by atoms with Gasteiger partial charge in [0.25, 0.3) is 0 Å². The molecule has 0 aliphatic carbocycles. The molecule has 0 amide bonds. The fourth-order valence-corrected chi connectivity index (χ4v) is 2.61. The van der Waals surface area contributed by atoms with Gasteiger partial charge in [-0.15, -0.1) is 0 Å². The molecule has 1 heterocycles. The summed E-state index contributed by atoms with van der Waals surface area (Å²) in [5.41, 5.74) is 4.22. The molecule has 0 spiro atoms. The smallest absolute Gasteiger partial charge is 0.341 e. The minimum atomic E-state index is -0.346. The summed E-state index contributed by atoms with van der Waals surface area (Å²) in [5.74, 6) is 0.305. The van der Waals surface area contributed by atoms with E-state index in [4.69, 9.17) is 4.74 Å². The zero-order valence-electron chi connectivity index (χ0n) is 15.4. The Hall–Kier alpha value is -2.23. The topological polar surface area (TPSA) is 52.1 Å². The summed E-state index contributed by atoms with van der Waals surface area (Å²) in [6.45, 7) is 12.5. The molecule has 0 radical (unpaired) electrons. The Kier molecular flexibility index (Phi) is 5.37. The van der Waals surface area contributed by atoms with Crippen molar-refractivity contribution in [3.63, 3.8) is 0 Å². The molecule has 24 heavy (non-hydrogen) atoms. The van der Waals surface area contributed by atoms with Gasteiger partial charge in [-0.2, -0.15) is 0 Å². The van der Waals surface area contributed by atoms with E-state index in [0.29, 0.717) is 30.1 Å². The molecule has 0 atom stereocenters. The highest BCUT2D eigenvalue weighted by atomic mass is 16.5. The summed E-state index contributed by atoms with van der Waals surface area (Å²) in [4.78, 5) is 21.3. The summed E-state index contributed by atoms with van der Waals surface area (Å²) in [7, 11) is 0. The van der Waals surface area contributed by atoms with Gasteiger partial charge in [-0.25, -0.2) is 14.8 Å². The number of aryl methyl sites for hydroxylation is 2. The minimum absolute atomic E-state index is 0.109. The molecule has 2 aromatic rings. The predicted molar refractivity (Wildman–Crippen MR) is 96.2 cm³/mol. The quantitative estimate of drug-likeness (QED) is 0.777. The highest BCUT2D eigenvalue weighted by Gasteiger charge is 2.19. The molecule has 0 bridgehead atoms. The highest BCUT2D eigenvalue weighted by molar-refractivity contribution is 5.92. The molecule has 0 saturated carbocycles. The van der Waals surface area contributed by atoms with E-state index in [9.17, 15) is 4.79 Å². The summed E-state index contributed by atoms with van der Waals surface area (Å²) in [5, 5.41) is 0. The number of nitrogens with zero attached hydrogens (tertiary/aromatic N) is 2. The van der Waals surface area contributed by atoms with Crippen molar-refractivity contribution >= 4 is 5.97 Å². The lowest BCUT2D eigenvalue weighted by Crippen LogP contribution is -2.14. The van der Waals surface area contributed by atoms with Crippen LogP contribution in [0.25, 0.3) is 11.4 Å². The monoisotopic (exact) mass is 326 g/mol. The summed E-state index contributed by atoms with van der Waals surface area (Å²) in [6.07, 6.45) is 0.657. The second-order valence-corrected chi connectivity index (χ2v) is 6.86. The van der Waals surface area contributed by atoms with Crippen LogP contribution in [-0.4, -0.2) is 22.5 Å². The Balaban J connectivity index is 2.45. The van der Waals surface area contributed by atoms with Crippen LogP contribution < -0.4 is 0 Å². The Morgan fingerprint density at radius 2 is 1.71 bits per heavy atom. The van der Waals surface area contributed by atoms with Crippen molar-refractivity contribution in [2.75, 3.05) is 6.61 Å². The molecule has 4 heteroatoms. The Morgan fingerprint density at radius 1 is 1.08 bits per heavy atom. The van der Waals surface area contributed by atoms with E-state index in [0.717, 1.165) is 11.3 Å². The fraction of sp³-hybridized carbons (Fsp3) is 0.450. The molecule has 1 aromatic heterocycles. The van der Waals surface area contributed by atoms with Crippen LogP contribution in [0.3, 0.4) is 0 Å². The van der Waals surface area contributed by atoms with Gasteiger partial charge in [0.05, 0.1) is 18.0 Å². The molecule has 2 rings (SSSR count). The van der Waals surface area contributed by atoms with Crippen molar-refractivity contribution < 1.29 is 9.53 Å². The summed E-state index contributed by atoms with van der Waals surface area (Å²) in [6, 6.07) is 8.30. The maximum absolute atomic E-state index is 12.1. The lowest BCUT2D eigenvalue weighted by molar-refractivity contribution is 0.0523. The molecular formula is C20H26N2O2. The average molecular weight is 326 g/mol. The maximum atomic E-state index is 12.1. The second-order valence-electron chi connectivity index (χ2n) is 6.86. The third kappa shape index (κ3) is 3.81. The molecule has 128 valence electrons. The maximum Gasteiger partial charge on any atom is 0.341 e. The zero-order valence-corrected chi connectivity index (χ0v) is 15.4. The number of hydrogen-bond acceptors (Lipinski definition) is 4. The first kappa shape index (κ1) is 18.1. The molecule has 0 saturated heterocycles. The van der Waals surface area contributed by atoms with E-state index in [2.05, 4.69) is 42.9 Å². The number of carbonyl (C=O) groups excluding carboxylic acids is 1. The fourth-order valence-electron chi connectivity index (χ4n) is 2.61. The first-order valence-electron chi connectivity index (χ1n) is 8.43. The largest absolute Gasteiger partial charge is 0.462 e. The lowest BCUT2D eigenvalue weighted by atomic mass is 9.86. The normalized spacial score (nSPS) is 11.4. The molecule has 0 aliphatic rings. The van der Waals surface area contributed by atoms with Crippen molar-refractivity contribution in [3.8, 4) is 11.4 Å². The number of aromatic nitrogens is 2. The van der Waals surface area contributed by atoms with E-state index in [1.807, 2.05) is 26.0 Å². The van der Waals surface area contributed by atoms with Crippen LogP contribution in [0.15, 0.2) is 24.3 Å². The number of ether oxygens (including phenoxy) is 1. The Morgan fingerprint density at radius 3 is 2.21 bits per heavy atom. The molecule has 0 fully saturated rings. The van der Waals surface area contributed by atoms with Gasteiger partial charge in [0, 0.05) is 5.56 Å². The number of hydrogen-bond donors (Lipinski definition) is 0. The van der Waals surface area contributed by atoms with Crippen molar-refractivity contribution in [2.24, 2.45) is 0 Å². The van der Waals surface area contributed by atoms with Gasteiger partial charge in [-0.1, -0.05) is 52.0 Å². The van der Waals surface area contributed by atoms with E-state index in [1.54, 1.807) is 6.92 Å². The van der Waals surface area contributed by atoms with Crippen LogP contribution in [0, 0.1) is 6.92 Å². The van der Waals surface area contributed by atoms with Gasteiger partial charge in [-0.05, 0) is 31.2 Å². The number of benzene rings is 1. The van der Waals surface area contributed by atoms with E-state index in [-0.39, 0.29) is 11.4 Å². The van der Waals surface area contributed by atoms with Crippen molar-refractivity contribution in [1.82, 2.24) is 9.97 Å². The van der Waals surface area contributed by atoms with Gasteiger partial charge < -0.3 is 4.74 Å². The first-order valence-corrected chi connectivity index (χ1v) is 8.43. The van der Waals surface area contributed by atoms with Crippen molar-refractivity contribution in [3.05, 3.63) is 46.8 Å². The van der Waals surface area contributed by atoms with Crippen LogP contribution in [0.2, 0.25) is 0 Å². The van der Waals surface area contributed by atoms with Crippen LogP contribution in [-0.2, 0) is 16.6 Å². The second kappa shape index (κ2) is 7.12. The van der Waals surface area contributed by atoms with Gasteiger partial charge in [-0.3, -0.25) is 0 Å².